The SMILES string of the molecule is C[C@H](CO)CCC(=O)[C@H](C)[C@@H]1C[C@@]2(C)CC[C@H]3[C@@H](CC[C@H]4C[C@@H](O)CC[C@@]43C)[C@@H]2C12SCCS2. The highest BCUT2D eigenvalue weighted by molar-refractivity contribution is 8.21. The van der Waals surface area contributed by atoms with Crippen molar-refractivity contribution in [3.8, 4) is 0 Å². The third-order valence-corrected chi connectivity index (χ3v) is 15.4. The summed E-state index contributed by atoms with van der Waals surface area (Å²) in [4.78, 5) is 13.4. The van der Waals surface area contributed by atoms with E-state index < -0.39 is 0 Å². The van der Waals surface area contributed by atoms with Gasteiger partial charge in [0.15, 0.2) is 0 Å². The molecule has 194 valence electrons. The molecule has 0 bridgehead atoms. The molecule has 5 fully saturated rings. The lowest BCUT2D eigenvalue weighted by Gasteiger charge is -2.62. The van der Waals surface area contributed by atoms with Crippen molar-refractivity contribution in [3.05, 3.63) is 0 Å². The van der Waals surface area contributed by atoms with E-state index in [2.05, 4.69) is 51.2 Å². The van der Waals surface area contributed by atoms with Crippen LogP contribution in [0.4, 0.5) is 0 Å². The fraction of sp³-hybridized carbons (Fsp3) is 0.966. The summed E-state index contributed by atoms with van der Waals surface area (Å²) >= 11 is 4.47. The van der Waals surface area contributed by atoms with Gasteiger partial charge in [-0.3, -0.25) is 4.79 Å². The minimum atomic E-state index is -0.0768. The zero-order valence-corrected chi connectivity index (χ0v) is 23.6. The summed E-state index contributed by atoms with van der Waals surface area (Å²) in [6, 6.07) is 0. The van der Waals surface area contributed by atoms with Gasteiger partial charge in [-0.25, -0.2) is 0 Å². The fourth-order valence-electron chi connectivity index (χ4n) is 9.70. The largest absolute Gasteiger partial charge is 0.396 e. The molecule has 0 amide bonds. The smallest absolute Gasteiger partial charge is 0.136 e. The summed E-state index contributed by atoms with van der Waals surface area (Å²) in [6.07, 6.45) is 11.1. The quantitative estimate of drug-likeness (QED) is 0.434. The van der Waals surface area contributed by atoms with Crippen molar-refractivity contribution in [2.75, 3.05) is 18.1 Å². The molecule has 1 saturated heterocycles. The summed E-state index contributed by atoms with van der Waals surface area (Å²) in [5.41, 5.74) is 0.763. The highest BCUT2D eigenvalue weighted by Crippen LogP contribution is 2.76. The molecule has 3 nitrogen and oxygen atoms in total. The van der Waals surface area contributed by atoms with Gasteiger partial charge in [-0.05, 0) is 104 Å². The molecule has 0 unspecified atom stereocenters. The molecule has 0 radical (unpaired) electrons. The van der Waals surface area contributed by atoms with Crippen LogP contribution in [-0.4, -0.2) is 44.3 Å². The molecule has 5 aliphatic rings. The first kappa shape index (κ1) is 25.9. The number of aliphatic hydroxyl groups is 2. The molecule has 0 aromatic heterocycles. The number of carbonyl (C=O) groups excluding carboxylic acids is 1. The van der Waals surface area contributed by atoms with Crippen LogP contribution in [0.2, 0.25) is 0 Å². The number of fused-ring (bicyclic) bond motifs is 6. The van der Waals surface area contributed by atoms with Gasteiger partial charge in [0, 0.05) is 30.5 Å². The first-order valence-corrected chi connectivity index (χ1v) is 16.2. The van der Waals surface area contributed by atoms with Crippen LogP contribution in [-0.2, 0) is 4.79 Å². The Labute approximate surface area is 216 Å². The zero-order chi connectivity index (χ0) is 24.3. The Kier molecular flexibility index (Phi) is 7.28. The molecule has 1 heterocycles. The second-order valence-electron chi connectivity index (χ2n) is 13.5. The number of thioether (sulfide) groups is 2. The molecule has 4 saturated carbocycles. The Morgan fingerprint density at radius 1 is 1.06 bits per heavy atom. The van der Waals surface area contributed by atoms with E-state index in [1.54, 1.807) is 0 Å². The summed E-state index contributed by atoms with van der Waals surface area (Å²) in [5, 5.41) is 19.8. The highest BCUT2D eigenvalue weighted by Gasteiger charge is 2.69. The van der Waals surface area contributed by atoms with Crippen molar-refractivity contribution in [3.63, 3.8) is 0 Å². The van der Waals surface area contributed by atoms with Crippen LogP contribution in [0.15, 0.2) is 0 Å². The molecule has 0 aromatic carbocycles. The van der Waals surface area contributed by atoms with Gasteiger partial charge in [0.05, 0.1) is 10.2 Å². The van der Waals surface area contributed by atoms with Gasteiger partial charge >= 0.3 is 0 Å². The summed E-state index contributed by atoms with van der Waals surface area (Å²) in [7, 11) is 0. The van der Waals surface area contributed by atoms with Gasteiger partial charge < -0.3 is 10.2 Å². The molecule has 2 N–H and O–H groups in total. The molecule has 5 heteroatoms. The van der Waals surface area contributed by atoms with Crippen LogP contribution in [0.25, 0.3) is 0 Å². The minimum absolute atomic E-state index is 0.0768. The molecule has 0 aromatic rings. The number of hydrogen-bond acceptors (Lipinski definition) is 5. The number of hydrogen-bond donors (Lipinski definition) is 2. The lowest BCUT2D eigenvalue weighted by molar-refractivity contribution is -0.124. The predicted molar refractivity (Wildman–Crippen MR) is 144 cm³/mol. The van der Waals surface area contributed by atoms with E-state index >= 15 is 0 Å². The third kappa shape index (κ3) is 4.06. The number of rotatable bonds is 6. The zero-order valence-electron chi connectivity index (χ0n) is 21.9. The van der Waals surface area contributed by atoms with Gasteiger partial charge in [0.25, 0.3) is 0 Å². The molecule has 10 atom stereocenters. The third-order valence-electron chi connectivity index (χ3n) is 11.6. The van der Waals surface area contributed by atoms with Crippen LogP contribution < -0.4 is 0 Å². The van der Waals surface area contributed by atoms with Crippen LogP contribution in [0.5, 0.6) is 0 Å². The van der Waals surface area contributed by atoms with E-state index in [0.29, 0.717) is 34.9 Å². The normalized spacial score (nSPS) is 47.0. The summed E-state index contributed by atoms with van der Waals surface area (Å²) in [6.45, 7) is 9.66. The topological polar surface area (TPSA) is 57.5 Å². The Bertz CT molecular complexity index is 766. The number of aliphatic hydroxyl groups excluding tert-OH is 2. The van der Waals surface area contributed by atoms with Crippen LogP contribution in [0.3, 0.4) is 0 Å². The molecular weight excluding hydrogens is 460 g/mol. The molecule has 5 rings (SSSR count). The first-order valence-electron chi connectivity index (χ1n) is 14.2. The summed E-state index contributed by atoms with van der Waals surface area (Å²) < 4.78 is 0.215. The van der Waals surface area contributed by atoms with Crippen LogP contribution >= 0.6 is 23.5 Å². The fourth-order valence-corrected chi connectivity index (χ4v) is 14.1. The molecule has 1 spiro atoms. The molecular formula is C29H48O3S2. The Balaban J connectivity index is 1.43. The molecule has 4 aliphatic carbocycles. The Morgan fingerprint density at radius 2 is 1.79 bits per heavy atom. The highest BCUT2D eigenvalue weighted by atomic mass is 32.2. The van der Waals surface area contributed by atoms with Crippen molar-refractivity contribution in [1.82, 2.24) is 0 Å². The van der Waals surface area contributed by atoms with Crippen molar-refractivity contribution in [1.29, 1.82) is 0 Å². The van der Waals surface area contributed by atoms with Crippen LogP contribution in [0.1, 0.15) is 91.9 Å². The van der Waals surface area contributed by atoms with Gasteiger partial charge in [-0.15, -0.1) is 23.5 Å². The van der Waals surface area contributed by atoms with Crippen LogP contribution in [0, 0.1) is 52.3 Å². The van der Waals surface area contributed by atoms with Crippen molar-refractivity contribution in [2.45, 2.75) is 102 Å². The van der Waals surface area contributed by atoms with Crippen molar-refractivity contribution in [2.24, 2.45) is 52.3 Å². The predicted octanol–water partition coefficient (Wildman–Crippen LogP) is 6.41. The lowest BCUT2D eigenvalue weighted by atomic mass is 9.45. The van der Waals surface area contributed by atoms with E-state index in [4.69, 9.17) is 0 Å². The van der Waals surface area contributed by atoms with Gasteiger partial charge in [-0.2, -0.15) is 0 Å². The molecule has 34 heavy (non-hydrogen) atoms. The van der Waals surface area contributed by atoms with E-state index in [-0.39, 0.29) is 28.6 Å². The Morgan fingerprint density at radius 3 is 2.50 bits per heavy atom. The minimum Gasteiger partial charge on any atom is -0.396 e. The van der Waals surface area contributed by atoms with E-state index in [1.807, 2.05) is 0 Å². The number of Topliss-reactive ketones (excluding diaryl/α,β-unsaturated/α-hetero) is 1. The lowest BCUT2D eigenvalue weighted by Crippen LogP contribution is -2.56. The summed E-state index contributed by atoms with van der Waals surface area (Å²) in [5.74, 6) is 6.74. The average molecular weight is 509 g/mol. The van der Waals surface area contributed by atoms with E-state index in [0.717, 1.165) is 37.0 Å². The maximum atomic E-state index is 13.4. The number of carbonyl (C=O) groups is 1. The van der Waals surface area contributed by atoms with E-state index in [1.165, 1.54) is 50.0 Å². The van der Waals surface area contributed by atoms with Crippen molar-refractivity contribution >= 4 is 29.3 Å². The second kappa shape index (κ2) is 9.55. The van der Waals surface area contributed by atoms with Gasteiger partial charge in [-0.1, -0.05) is 27.7 Å². The Hall–Kier alpha value is 0.290. The van der Waals surface area contributed by atoms with Gasteiger partial charge in [0.2, 0.25) is 0 Å². The monoisotopic (exact) mass is 508 g/mol. The maximum absolute atomic E-state index is 13.4. The van der Waals surface area contributed by atoms with Crippen molar-refractivity contribution < 1.29 is 15.0 Å². The number of ketones is 1. The second-order valence-corrected chi connectivity index (χ2v) is 16.5. The average Bonchev–Trinajstić information content (AvgIpc) is 3.40. The van der Waals surface area contributed by atoms with E-state index in [9.17, 15) is 15.0 Å². The standard InChI is InChI=1S/C29H48O3S2/c1-18(17-30)5-8-25(32)19(2)24-16-27(3)11-10-23-22(26(27)29(24)33-13-14-34-29)7-6-20-15-21(31)9-12-28(20,23)4/h18-24,26,30-31H,5-17H2,1-4H3/t18-,19+,20-,21-,22+,23-,24-,26-,27+,28-/m0/s1. The van der Waals surface area contributed by atoms with Gasteiger partial charge in [0.1, 0.15) is 5.78 Å². The molecule has 1 aliphatic heterocycles. The maximum Gasteiger partial charge on any atom is 0.136 e. The first-order chi connectivity index (χ1) is 16.1.